The largest absolute Gasteiger partial charge is 0.491 e. The maximum Gasteiger partial charge on any atom is 0.255 e. The minimum atomic E-state index is -0.127. The first-order valence-corrected chi connectivity index (χ1v) is 12.9. The monoisotopic (exact) mass is 493 g/mol. The van der Waals surface area contributed by atoms with E-state index in [1.807, 2.05) is 18.3 Å². The summed E-state index contributed by atoms with van der Waals surface area (Å²) in [5.74, 6) is 1.03. The number of carbonyl (C=O) groups excluding carboxylic acids is 2. The molecule has 2 aliphatic heterocycles. The number of fused-ring (bicyclic) bond motifs is 3. The van der Waals surface area contributed by atoms with Crippen molar-refractivity contribution in [3.8, 4) is 28.1 Å². The van der Waals surface area contributed by atoms with E-state index in [0.29, 0.717) is 36.0 Å². The number of amides is 2. The summed E-state index contributed by atoms with van der Waals surface area (Å²) in [7, 11) is 0. The number of ether oxygens (including phenoxy) is 1. The van der Waals surface area contributed by atoms with Crippen LogP contribution < -0.4 is 10.1 Å². The van der Waals surface area contributed by atoms with Crippen molar-refractivity contribution < 1.29 is 14.3 Å². The van der Waals surface area contributed by atoms with E-state index in [0.717, 1.165) is 66.5 Å². The second kappa shape index (κ2) is 8.73. The van der Waals surface area contributed by atoms with Crippen LogP contribution in [0.1, 0.15) is 34.3 Å². The summed E-state index contributed by atoms with van der Waals surface area (Å²) < 4.78 is 5.80. The number of nitrogens with zero attached hydrogens (tertiary/aromatic N) is 3. The highest BCUT2D eigenvalue weighted by atomic mass is 16.5. The van der Waals surface area contributed by atoms with Crippen LogP contribution >= 0.6 is 0 Å². The first-order valence-electron chi connectivity index (χ1n) is 12.9. The van der Waals surface area contributed by atoms with Crippen LogP contribution in [0.15, 0.2) is 48.7 Å². The van der Waals surface area contributed by atoms with Crippen LogP contribution in [0.3, 0.4) is 0 Å². The second-order valence-corrected chi connectivity index (χ2v) is 10.1. The number of hydrogen-bond acceptors (Lipinski definition) is 5. The van der Waals surface area contributed by atoms with Crippen molar-refractivity contribution in [2.75, 3.05) is 26.2 Å². The molecule has 0 spiro atoms. The van der Waals surface area contributed by atoms with Gasteiger partial charge in [-0.2, -0.15) is 5.10 Å². The van der Waals surface area contributed by atoms with Gasteiger partial charge < -0.3 is 15.0 Å². The van der Waals surface area contributed by atoms with Gasteiger partial charge in [0, 0.05) is 41.7 Å². The molecule has 8 heteroatoms. The lowest BCUT2D eigenvalue weighted by Crippen LogP contribution is -2.34. The first-order chi connectivity index (χ1) is 18.1. The molecule has 37 heavy (non-hydrogen) atoms. The number of H-pyrrole nitrogens is 1. The van der Waals surface area contributed by atoms with E-state index in [1.165, 1.54) is 11.1 Å². The van der Waals surface area contributed by atoms with Gasteiger partial charge in [-0.1, -0.05) is 24.3 Å². The van der Waals surface area contributed by atoms with Crippen LogP contribution in [0, 0.1) is 5.92 Å². The Morgan fingerprint density at radius 1 is 0.973 bits per heavy atom. The molecule has 7 rings (SSSR count). The zero-order valence-electron chi connectivity index (χ0n) is 20.4. The Morgan fingerprint density at radius 3 is 2.68 bits per heavy atom. The predicted molar refractivity (Wildman–Crippen MR) is 139 cm³/mol. The van der Waals surface area contributed by atoms with Gasteiger partial charge in [0.1, 0.15) is 18.1 Å². The number of benzene rings is 2. The molecule has 4 heterocycles. The van der Waals surface area contributed by atoms with Gasteiger partial charge in [0.15, 0.2) is 5.65 Å². The van der Waals surface area contributed by atoms with Crippen LogP contribution in [0.2, 0.25) is 0 Å². The highest BCUT2D eigenvalue weighted by Crippen LogP contribution is 2.34. The van der Waals surface area contributed by atoms with Crippen LogP contribution in [0.25, 0.3) is 33.4 Å². The Balaban J connectivity index is 1.20. The minimum absolute atomic E-state index is 0.127. The number of rotatable bonds is 3. The van der Waals surface area contributed by atoms with E-state index in [2.05, 4.69) is 49.7 Å². The summed E-state index contributed by atoms with van der Waals surface area (Å²) in [4.78, 5) is 31.6. The third kappa shape index (κ3) is 4.02. The van der Waals surface area contributed by atoms with Gasteiger partial charge in [0.25, 0.3) is 5.91 Å². The zero-order valence-corrected chi connectivity index (χ0v) is 20.4. The molecule has 0 unspecified atom stereocenters. The molecule has 186 valence electrons. The third-order valence-electron chi connectivity index (χ3n) is 7.64. The number of hydrogen-bond donors (Lipinski definition) is 2. The van der Waals surface area contributed by atoms with Crippen molar-refractivity contribution >= 4 is 22.8 Å². The van der Waals surface area contributed by atoms with Crippen LogP contribution in [-0.2, 0) is 17.6 Å². The lowest BCUT2D eigenvalue weighted by atomic mass is 9.96. The van der Waals surface area contributed by atoms with E-state index in [4.69, 9.17) is 4.74 Å². The molecule has 2 aromatic heterocycles. The summed E-state index contributed by atoms with van der Waals surface area (Å²) in [6.07, 6.45) is 5.74. The van der Waals surface area contributed by atoms with Crippen LogP contribution in [0.4, 0.5) is 0 Å². The summed E-state index contributed by atoms with van der Waals surface area (Å²) in [6, 6.07) is 14.3. The molecule has 2 N–H and O–H groups in total. The summed E-state index contributed by atoms with van der Waals surface area (Å²) in [5.41, 5.74) is 7.60. The van der Waals surface area contributed by atoms with Gasteiger partial charge in [0.05, 0.1) is 12.1 Å². The third-order valence-corrected chi connectivity index (χ3v) is 7.64. The SMILES string of the molecule is O=C1NCCOc2cc(-c3n[nH]c4ncc(-c5ccc6c(c5)CCN(C(=O)C5CC5)CC6)cc34)ccc21. The van der Waals surface area contributed by atoms with Crippen molar-refractivity contribution in [2.24, 2.45) is 5.92 Å². The number of nitrogens with one attached hydrogen (secondary N) is 2. The summed E-state index contributed by atoms with van der Waals surface area (Å²) in [5, 5.41) is 11.3. The van der Waals surface area contributed by atoms with Gasteiger partial charge >= 0.3 is 0 Å². The average molecular weight is 494 g/mol. The summed E-state index contributed by atoms with van der Waals surface area (Å²) in [6.45, 7) is 2.50. The maximum absolute atomic E-state index is 12.6. The van der Waals surface area contributed by atoms with E-state index >= 15 is 0 Å². The Hall–Kier alpha value is -4.20. The topological polar surface area (TPSA) is 100 Å². The highest BCUT2D eigenvalue weighted by Gasteiger charge is 2.33. The maximum atomic E-state index is 12.6. The lowest BCUT2D eigenvalue weighted by molar-refractivity contribution is -0.132. The van der Waals surface area contributed by atoms with Gasteiger partial charge in [-0.3, -0.25) is 14.7 Å². The molecule has 0 bridgehead atoms. The fourth-order valence-corrected chi connectivity index (χ4v) is 5.39. The molecule has 1 fully saturated rings. The van der Waals surface area contributed by atoms with E-state index in [9.17, 15) is 9.59 Å². The Labute approximate surface area is 214 Å². The fourth-order valence-electron chi connectivity index (χ4n) is 5.39. The average Bonchev–Trinajstić information content (AvgIpc) is 3.74. The van der Waals surface area contributed by atoms with Gasteiger partial charge in [-0.05, 0) is 60.6 Å². The van der Waals surface area contributed by atoms with E-state index in [-0.39, 0.29) is 11.8 Å². The standard InChI is InChI=1S/C29H27N5O3/c35-28-23-6-5-21(15-25(23)37-12-9-30-28)26-24-14-22(16-31-27(24)33-32-26)19-4-1-17-7-10-34(11-8-20(17)13-19)29(36)18-2-3-18/h1,4-6,13-16,18H,2-3,7-12H2,(H,30,35)(H,31,32,33). The molecule has 1 aliphatic carbocycles. The van der Waals surface area contributed by atoms with Crippen molar-refractivity contribution in [1.82, 2.24) is 25.4 Å². The number of pyridine rings is 1. The Kier molecular flexibility index (Phi) is 5.20. The van der Waals surface area contributed by atoms with Crippen molar-refractivity contribution in [3.63, 3.8) is 0 Å². The summed E-state index contributed by atoms with van der Waals surface area (Å²) >= 11 is 0. The van der Waals surface area contributed by atoms with Crippen molar-refractivity contribution in [2.45, 2.75) is 25.7 Å². The smallest absolute Gasteiger partial charge is 0.255 e. The molecule has 0 radical (unpaired) electrons. The molecule has 0 saturated heterocycles. The Bertz CT molecular complexity index is 1550. The van der Waals surface area contributed by atoms with Gasteiger partial charge in [-0.25, -0.2) is 4.98 Å². The molecule has 1 saturated carbocycles. The van der Waals surface area contributed by atoms with Gasteiger partial charge in [0.2, 0.25) is 5.91 Å². The normalized spacial score (nSPS) is 17.3. The molecular weight excluding hydrogens is 466 g/mol. The van der Waals surface area contributed by atoms with Crippen molar-refractivity contribution in [3.05, 3.63) is 65.4 Å². The molecule has 8 nitrogen and oxygen atoms in total. The number of carbonyl (C=O) groups is 2. The molecule has 0 atom stereocenters. The fraction of sp³-hybridized carbons (Fsp3) is 0.310. The van der Waals surface area contributed by atoms with E-state index in [1.54, 1.807) is 6.07 Å². The molecule has 2 aromatic carbocycles. The Morgan fingerprint density at radius 2 is 1.81 bits per heavy atom. The quantitative estimate of drug-likeness (QED) is 0.453. The molecule has 4 aromatic rings. The zero-order chi connectivity index (χ0) is 24.9. The predicted octanol–water partition coefficient (Wildman–Crippen LogP) is 3.75. The molecule has 3 aliphatic rings. The first kappa shape index (κ1) is 22.0. The van der Waals surface area contributed by atoms with Crippen molar-refractivity contribution in [1.29, 1.82) is 0 Å². The lowest BCUT2D eigenvalue weighted by Gasteiger charge is -2.19. The van der Waals surface area contributed by atoms with Crippen LogP contribution in [-0.4, -0.2) is 58.1 Å². The molecule has 2 amide bonds. The minimum Gasteiger partial charge on any atom is -0.491 e. The second-order valence-electron chi connectivity index (χ2n) is 10.1. The van der Waals surface area contributed by atoms with Crippen LogP contribution in [0.5, 0.6) is 5.75 Å². The highest BCUT2D eigenvalue weighted by molar-refractivity contribution is 5.99. The van der Waals surface area contributed by atoms with E-state index < -0.39 is 0 Å². The number of aromatic amines is 1. The molecular formula is C29H27N5O3. The van der Waals surface area contributed by atoms with Gasteiger partial charge in [-0.15, -0.1) is 0 Å². The number of aromatic nitrogens is 3.